The number of nitrogens with zero attached hydrogens (tertiary/aromatic N) is 1. The van der Waals surface area contributed by atoms with Gasteiger partial charge in [0.25, 0.3) is 11.8 Å². The molecule has 0 aliphatic carbocycles. The number of rotatable bonds is 5. The standard InChI is InChI=1S/C22H23NO3S/c1-6-27-20-19(16-9-8-14(3)15(4)12-16)21(24)23(22(20)25)17-11-13(2)7-10-18(17)26-5/h7-12H,6H2,1-5H3. The van der Waals surface area contributed by atoms with Crippen LogP contribution in [0.15, 0.2) is 41.3 Å². The third-order valence-electron chi connectivity index (χ3n) is 4.70. The molecule has 0 atom stereocenters. The zero-order valence-electron chi connectivity index (χ0n) is 16.3. The maximum atomic E-state index is 13.4. The lowest BCUT2D eigenvalue weighted by molar-refractivity contribution is -0.119. The van der Waals surface area contributed by atoms with Gasteiger partial charge in [-0.3, -0.25) is 9.59 Å². The number of ether oxygens (including phenoxy) is 1. The van der Waals surface area contributed by atoms with Crippen molar-refractivity contribution in [2.24, 2.45) is 0 Å². The first kappa shape index (κ1) is 19.2. The van der Waals surface area contributed by atoms with Gasteiger partial charge in [0.2, 0.25) is 0 Å². The first-order chi connectivity index (χ1) is 12.9. The van der Waals surface area contributed by atoms with Crippen LogP contribution in [0.4, 0.5) is 5.69 Å². The second-order valence-corrected chi connectivity index (χ2v) is 7.83. The lowest BCUT2D eigenvalue weighted by Gasteiger charge is -2.19. The van der Waals surface area contributed by atoms with Gasteiger partial charge in [-0.25, -0.2) is 4.90 Å². The summed E-state index contributed by atoms with van der Waals surface area (Å²) in [7, 11) is 1.54. The largest absolute Gasteiger partial charge is 0.495 e. The van der Waals surface area contributed by atoms with E-state index < -0.39 is 0 Å². The fraction of sp³-hybridized carbons (Fsp3) is 0.273. The number of carbonyl (C=O) groups is 2. The Labute approximate surface area is 164 Å². The van der Waals surface area contributed by atoms with Crippen LogP contribution in [-0.4, -0.2) is 24.7 Å². The lowest BCUT2D eigenvalue weighted by Crippen LogP contribution is -2.31. The molecule has 5 heteroatoms. The summed E-state index contributed by atoms with van der Waals surface area (Å²) in [5.41, 5.74) is 4.93. The molecule has 0 unspecified atom stereocenters. The molecule has 0 spiro atoms. The van der Waals surface area contributed by atoms with Gasteiger partial charge >= 0.3 is 0 Å². The molecule has 0 saturated heterocycles. The molecule has 4 nitrogen and oxygen atoms in total. The number of thioether (sulfide) groups is 1. The number of hydrogen-bond acceptors (Lipinski definition) is 4. The molecule has 0 N–H and O–H groups in total. The van der Waals surface area contributed by atoms with Crippen LogP contribution in [-0.2, 0) is 9.59 Å². The summed E-state index contributed by atoms with van der Waals surface area (Å²) in [6.45, 7) is 7.94. The number of imide groups is 1. The fourth-order valence-corrected chi connectivity index (χ4v) is 3.99. The molecule has 1 heterocycles. The smallest absolute Gasteiger partial charge is 0.272 e. The van der Waals surface area contributed by atoms with Crippen LogP contribution < -0.4 is 9.64 Å². The summed E-state index contributed by atoms with van der Waals surface area (Å²) < 4.78 is 5.41. The summed E-state index contributed by atoms with van der Waals surface area (Å²) in [4.78, 5) is 28.3. The van der Waals surface area contributed by atoms with Gasteiger partial charge in [0.05, 0.1) is 23.3 Å². The van der Waals surface area contributed by atoms with Crippen molar-refractivity contribution >= 4 is 34.8 Å². The monoisotopic (exact) mass is 381 g/mol. The quantitative estimate of drug-likeness (QED) is 0.707. The molecule has 140 valence electrons. The lowest BCUT2D eigenvalue weighted by atomic mass is 10.0. The van der Waals surface area contributed by atoms with Crippen molar-refractivity contribution in [2.75, 3.05) is 17.8 Å². The van der Waals surface area contributed by atoms with Gasteiger partial charge in [0.1, 0.15) is 5.75 Å². The second kappa shape index (κ2) is 7.61. The molecule has 0 radical (unpaired) electrons. The highest BCUT2D eigenvalue weighted by Gasteiger charge is 2.41. The maximum Gasteiger partial charge on any atom is 0.272 e. The molecule has 1 aliphatic rings. The Kier molecular flexibility index (Phi) is 5.42. The summed E-state index contributed by atoms with van der Waals surface area (Å²) >= 11 is 1.41. The van der Waals surface area contributed by atoms with Crippen LogP contribution >= 0.6 is 11.8 Å². The van der Waals surface area contributed by atoms with Crippen molar-refractivity contribution in [3.8, 4) is 5.75 Å². The Balaban J connectivity index is 2.16. The minimum atomic E-state index is -0.303. The molecular formula is C22H23NO3S. The van der Waals surface area contributed by atoms with E-state index in [-0.39, 0.29) is 11.8 Å². The van der Waals surface area contributed by atoms with Crippen molar-refractivity contribution in [1.82, 2.24) is 0 Å². The Morgan fingerprint density at radius 1 is 0.963 bits per heavy atom. The zero-order valence-corrected chi connectivity index (χ0v) is 17.1. The highest BCUT2D eigenvalue weighted by atomic mass is 32.2. The normalized spacial score (nSPS) is 14.3. The van der Waals surface area contributed by atoms with Gasteiger partial charge in [0, 0.05) is 0 Å². The maximum absolute atomic E-state index is 13.4. The number of hydrogen-bond donors (Lipinski definition) is 0. The topological polar surface area (TPSA) is 46.6 Å². The van der Waals surface area contributed by atoms with E-state index in [1.807, 2.05) is 58.0 Å². The molecule has 0 fully saturated rings. The highest BCUT2D eigenvalue weighted by Crippen LogP contribution is 2.41. The minimum Gasteiger partial charge on any atom is -0.495 e. The fourth-order valence-electron chi connectivity index (χ4n) is 3.13. The van der Waals surface area contributed by atoms with Crippen molar-refractivity contribution in [1.29, 1.82) is 0 Å². The number of amides is 2. The first-order valence-electron chi connectivity index (χ1n) is 8.87. The predicted molar refractivity (Wildman–Crippen MR) is 111 cm³/mol. The molecule has 0 saturated carbocycles. The molecular weight excluding hydrogens is 358 g/mol. The zero-order chi connectivity index (χ0) is 19.7. The second-order valence-electron chi connectivity index (χ2n) is 6.56. The van der Waals surface area contributed by atoms with E-state index >= 15 is 0 Å². The van der Waals surface area contributed by atoms with E-state index in [9.17, 15) is 9.59 Å². The highest BCUT2D eigenvalue weighted by molar-refractivity contribution is 8.04. The summed E-state index contributed by atoms with van der Waals surface area (Å²) in [5.74, 6) is 0.623. The van der Waals surface area contributed by atoms with E-state index in [1.54, 1.807) is 13.2 Å². The van der Waals surface area contributed by atoms with Crippen molar-refractivity contribution < 1.29 is 14.3 Å². The summed E-state index contributed by atoms with van der Waals surface area (Å²) in [5, 5.41) is 0. The van der Waals surface area contributed by atoms with E-state index in [0.717, 1.165) is 22.3 Å². The van der Waals surface area contributed by atoms with Crippen LogP contribution in [0.2, 0.25) is 0 Å². The predicted octanol–water partition coefficient (Wildman–Crippen LogP) is 4.66. The van der Waals surface area contributed by atoms with Gasteiger partial charge in [-0.2, -0.15) is 0 Å². The van der Waals surface area contributed by atoms with Gasteiger partial charge < -0.3 is 4.74 Å². The Bertz CT molecular complexity index is 962. The third kappa shape index (κ3) is 3.39. The number of anilines is 1. The number of methoxy groups -OCH3 is 1. The number of carbonyl (C=O) groups excluding carboxylic acids is 2. The molecule has 3 rings (SSSR count). The van der Waals surface area contributed by atoms with Crippen LogP contribution in [0, 0.1) is 20.8 Å². The van der Waals surface area contributed by atoms with Crippen LogP contribution in [0.3, 0.4) is 0 Å². The number of aryl methyl sites for hydroxylation is 3. The minimum absolute atomic E-state index is 0.288. The molecule has 1 aliphatic heterocycles. The molecule has 27 heavy (non-hydrogen) atoms. The van der Waals surface area contributed by atoms with Crippen LogP contribution in [0.1, 0.15) is 29.2 Å². The van der Waals surface area contributed by atoms with Crippen LogP contribution in [0.25, 0.3) is 5.57 Å². The summed E-state index contributed by atoms with van der Waals surface area (Å²) in [6, 6.07) is 11.4. The molecule has 0 bridgehead atoms. The Hall–Kier alpha value is -2.53. The van der Waals surface area contributed by atoms with Crippen molar-refractivity contribution in [3.05, 3.63) is 63.6 Å². The Morgan fingerprint density at radius 3 is 2.33 bits per heavy atom. The van der Waals surface area contributed by atoms with Crippen molar-refractivity contribution in [3.63, 3.8) is 0 Å². The van der Waals surface area contributed by atoms with Gasteiger partial charge in [-0.05, 0) is 60.9 Å². The van der Waals surface area contributed by atoms with Gasteiger partial charge in [-0.1, -0.05) is 31.2 Å². The van der Waals surface area contributed by atoms with E-state index in [1.165, 1.54) is 16.7 Å². The first-order valence-corrected chi connectivity index (χ1v) is 9.85. The summed E-state index contributed by atoms with van der Waals surface area (Å²) in [6.07, 6.45) is 0. The SMILES string of the molecule is CCSC1=C(c2ccc(C)c(C)c2)C(=O)N(c2cc(C)ccc2OC)C1=O. The van der Waals surface area contributed by atoms with E-state index in [2.05, 4.69) is 0 Å². The van der Waals surface area contributed by atoms with Gasteiger partial charge in [0.15, 0.2) is 0 Å². The van der Waals surface area contributed by atoms with Crippen molar-refractivity contribution in [2.45, 2.75) is 27.7 Å². The van der Waals surface area contributed by atoms with E-state index in [0.29, 0.717) is 27.7 Å². The average molecular weight is 381 g/mol. The average Bonchev–Trinajstić information content (AvgIpc) is 2.88. The molecule has 2 aromatic carbocycles. The molecule has 2 amide bonds. The molecule has 0 aromatic heterocycles. The number of benzene rings is 2. The Morgan fingerprint density at radius 2 is 1.70 bits per heavy atom. The molecule has 2 aromatic rings. The third-order valence-corrected chi connectivity index (χ3v) is 5.66. The van der Waals surface area contributed by atoms with Gasteiger partial charge in [-0.15, -0.1) is 11.8 Å². The van der Waals surface area contributed by atoms with E-state index in [4.69, 9.17) is 4.74 Å². The van der Waals surface area contributed by atoms with Crippen LogP contribution in [0.5, 0.6) is 5.75 Å².